The van der Waals surface area contributed by atoms with Crippen LogP contribution in [0.5, 0.6) is 0 Å². The topological polar surface area (TPSA) is 93.0 Å². The van der Waals surface area contributed by atoms with Gasteiger partial charge in [-0.2, -0.15) is 0 Å². The fraction of sp³-hybridized carbons (Fsp3) is 0.364. The van der Waals surface area contributed by atoms with Crippen molar-refractivity contribution < 1.29 is 19.2 Å². The van der Waals surface area contributed by atoms with Crippen molar-refractivity contribution in [3.05, 3.63) is 64.2 Å². The molecule has 1 saturated heterocycles. The summed E-state index contributed by atoms with van der Waals surface area (Å²) in [5, 5.41) is 11.5. The first-order valence-corrected chi connectivity index (χ1v) is 10.0. The maximum Gasteiger partial charge on any atom is 0.339 e. The minimum absolute atomic E-state index is 0.0482. The summed E-state index contributed by atoms with van der Waals surface area (Å²) >= 11 is 0. The van der Waals surface area contributed by atoms with Crippen LogP contribution in [0.3, 0.4) is 0 Å². The second-order valence-electron chi connectivity index (χ2n) is 7.12. The van der Waals surface area contributed by atoms with Crippen LogP contribution in [-0.4, -0.2) is 42.5 Å². The SMILES string of the molecule is CCN(C(=O)[C@H](C)OC(=O)c1ccc(N2CCCC2)c([N+](=O)[O-])c1)c1ccccc1. The minimum atomic E-state index is -1.03. The fourth-order valence-electron chi connectivity index (χ4n) is 3.59. The van der Waals surface area contributed by atoms with Gasteiger partial charge in [-0.25, -0.2) is 4.79 Å². The summed E-state index contributed by atoms with van der Waals surface area (Å²) < 4.78 is 5.34. The highest BCUT2D eigenvalue weighted by atomic mass is 16.6. The molecule has 0 aliphatic carbocycles. The van der Waals surface area contributed by atoms with Crippen LogP contribution in [0.1, 0.15) is 37.0 Å². The lowest BCUT2D eigenvalue weighted by molar-refractivity contribution is -0.384. The average molecular weight is 411 g/mol. The third kappa shape index (κ3) is 4.59. The third-order valence-electron chi connectivity index (χ3n) is 5.14. The number of carbonyl (C=O) groups is 2. The molecule has 0 saturated carbocycles. The van der Waals surface area contributed by atoms with Gasteiger partial charge >= 0.3 is 5.97 Å². The minimum Gasteiger partial charge on any atom is -0.449 e. The maximum absolute atomic E-state index is 12.8. The third-order valence-corrected chi connectivity index (χ3v) is 5.14. The van der Waals surface area contributed by atoms with Crippen LogP contribution in [0, 0.1) is 10.1 Å². The molecular weight excluding hydrogens is 386 g/mol. The largest absolute Gasteiger partial charge is 0.449 e. The van der Waals surface area contributed by atoms with Crippen LogP contribution in [-0.2, 0) is 9.53 Å². The van der Waals surface area contributed by atoms with Gasteiger partial charge in [0.2, 0.25) is 0 Å². The lowest BCUT2D eigenvalue weighted by Gasteiger charge is -2.24. The van der Waals surface area contributed by atoms with Gasteiger partial charge in [0, 0.05) is 31.4 Å². The molecule has 0 unspecified atom stereocenters. The summed E-state index contributed by atoms with van der Waals surface area (Å²) in [5.41, 5.74) is 1.12. The first kappa shape index (κ1) is 21.3. The van der Waals surface area contributed by atoms with E-state index in [0.717, 1.165) is 25.9 Å². The molecule has 2 aromatic rings. The van der Waals surface area contributed by atoms with Gasteiger partial charge < -0.3 is 14.5 Å². The zero-order valence-electron chi connectivity index (χ0n) is 17.1. The molecule has 30 heavy (non-hydrogen) atoms. The Morgan fingerprint density at radius 3 is 2.43 bits per heavy atom. The number of hydrogen-bond donors (Lipinski definition) is 0. The summed E-state index contributed by atoms with van der Waals surface area (Å²) in [4.78, 5) is 39.9. The van der Waals surface area contributed by atoms with E-state index in [1.807, 2.05) is 30.0 Å². The quantitative estimate of drug-likeness (QED) is 0.391. The van der Waals surface area contributed by atoms with Gasteiger partial charge in [0.15, 0.2) is 6.10 Å². The van der Waals surface area contributed by atoms with Crippen LogP contribution in [0.4, 0.5) is 17.1 Å². The molecule has 0 radical (unpaired) electrons. The number of nitro benzene ring substituents is 1. The van der Waals surface area contributed by atoms with Gasteiger partial charge in [0.25, 0.3) is 11.6 Å². The van der Waals surface area contributed by atoms with Crippen LogP contribution in [0.2, 0.25) is 0 Å². The number of amides is 1. The molecule has 0 spiro atoms. The maximum atomic E-state index is 12.8. The lowest BCUT2D eigenvalue weighted by Crippen LogP contribution is -2.40. The van der Waals surface area contributed by atoms with Crippen molar-refractivity contribution in [3.63, 3.8) is 0 Å². The Bertz CT molecular complexity index is 926. The van der Waals surface area contributed by atoms with Gasteiger partial charge in [0.1, 0.15) is 5.69 Å². The smallest absolute Gasteiger partial charge is 0.339 e. The molecular formula is C22H25N3O5. The summed E-state index contributed by atoms with van der Waals surface area (Å²) in [5.74, 6) is -1.13. The molecule has 3 rings (SSSR count). The molecule has 1 fully saturated rings. The van der Waals surface area contributed by atoms with Crippen LogP contribution in [0.15, 0.2) is 48.5 Å². The van der Waals surface area contributed by atoms with Crippen molar-refractivity contribution in [3.8, 4) is 0 Å². The molecule has 1 heterocycles. The zero-order chi connectivity index (χ0) is 21.7. The molecule has 1 amide bonds. The first-order valence-electron chi connectivity index (χ1n) is 10.0. The van der Waals surface area contributed by atoms with Crippen LogP contribution < -0.4 is 9.80 Å². The van der Waals surface area contributed by atoms with E-state index in [1.54, 1.807) is 18.2 Å². The number of nitro groups is 1. The molecule has 8 nitrogen and oxygen atoms in total. The van der Waals surface area contributed by atoms with E-state index in [2.05, 4.69) is 0 Å². The highest BCUT2D eigenvalue weighted by molar-refractivity contribution is 5.99. The summed E-state index contributed by atoms with van der Waals surface area (Å²) in [7, 11) is 0. The number of esters is 1. The molecule has 0 aromatic heterocycles. The Kier molecular flexibility index (Phi) is 6.66. The van der Waals surface area contributed by atoms with E-state index in [-0.39, 0.29) is 17.2 Å². The molecule has 2 aromatic carbocycles. The zero-order valence-corrected chi connectivity index (χ0v) is 17.1. The number of likely N-dealkylation sites (N-methyl/N-ethyl adjacent to an activating group) is 1. The van der Waals surface area contributed by atoms with Gasteiger partial charge in [-0.1, -0.05) is 18.2 Å². The molecule has 1 atom stereocenters. The van der Waals surface area contributed by atoms with E-state index < -0.39 is 17.0 Å². The van der Waals surface area contributed by atoms with E-state index in [0.29, 0.717) is 17.9 Å². The van der Waals surface area contributed by atoms with Crippen molar-refractivity contribution in [1.29, 1.82) is 0 Å². The number of carbonyl (C=O) groups excluding carboxylic acids is 2. The Balaban J connectivity index is 1.75. The number of para-hydroxylation sites is 1. The van der Waals surface area contributed by atoms with E-state index in [4.69, 9.17) is 4.74 Å². The average Bonchev–Trinajstić information content (AvgIpc) is 3.29. The van der Waals surface area contributed by atoms with Crippen molar-refractivity contribution in [2.24, 2.45) is 0 Å². The molecule has 1 aliphatic rings. The Morgan fingerprint density at radius 2 is 1.83 bits per heavy atom. The second kappa shape index (κ2) is 9.39. The van der Waals surface area contributed by atoms with Crippen LogP contribution >= 0.6 is 0 Å². The number of hydrogen-bond acceptors (Lipinski definition) is 6. The number of nitrogens with zero attached hydrogens (tertiary/aromatic N) is 3. The molecule has 158 valence electrons. The fourth-order valence-corrected chi connectivity index (χ4v) is 3.59. The summed E-state index contributed by atoms with van der Waals surface area (Å²) in [6.07, 6.45) is 0.932. The van der Waals surface area contributed by atoms with E-state index >= 15 is 0 Å². The van der Waals surface area contributed by atoms with Gasteiger partial charge in [-0.15, -0.1) is 0 Å². The Morgan fingerprint density at radius 1 is 1.17 bits per heavy atom. The number of rotatable bonds is 7. The van der Waals surface area contributed by atoms with Crippen molar-refractivity contribution in [1.82, 2.24) is 0 Å². The highest BCUT2D eigenvalue weighted by Gasteiger charge is 2.27. The molecule has 1 aliphatic heterocycles. The Labute approximate surface area is 175 Å². The second-order valence-corrected chi connectivity index (χ2v) is 7.12. The van der Waals surface area contributed by atoms with Crippen LogP contribution in [0.25, 0.3) is 0 Å². The molecule has 0 bridgehead atoms. The summed E-state index contributed by atoms with van der Waals surface area (Å²) in [6.45, 7) is 5.25. The number of ether oxygens (including phenoxy) is 1. The first-order chi connectivity index (χ1) is 14.4. The standard InChI is InChI=1S/C22H25N3O5/c1-3-24(18-9-5-4-6-10-18)21(26)16(2)30-22(27)17-11-12-19(20(15-17)25(28)29)23-13-7-8-14-23/h4-6,9-12,15-16H,3,7-8,13-14H2,1-2H3/t16-/m0/s1. The summed E-state index contributed by atoms with van der Waals surface area (Å²) in [6, 6.07) is 13.4. The predicted octanol–water partition coefficient (Wildman–Crippen LogP) is 3.79. The normalized spacial score (nSPS) is 14.3. The molecule has 0 N–H and O–H groups in total. The monoisotopic (exact) mass is 411 g/mol. The van der Waals surface area contributed by atoms with Gasteiger partial charge in [-0.3, -0.25) is 14.9 Å². The van der Waals surface area contributed by atoms with Crippen molar-refractivity contribution in [2.75, 3.05) is 29.4 Å². The van der Waals surface area contributed by atoms with Crippen molar-refractivity contribution >= 4 is 28.9 Å². The molecule has 8 heteroatoms. The van der Waals surface area contributed by atoms with Gasteiger partial charge in [0.05, 0.1) is 10.5 Å². The van der Waals surface area contributed by atoms with E-state index in [9.17, 15) is 19.7 Å². The highest BCUT2D eigenvalue weighted by Crippen LogP contribution is 2.32. The number of benzene rings is 2. The lowest BCUT2D eigenvalue weighted by atomic mass is 10.1. The predicted molar refractivity (Wildman–Crippen MR) is 114 cm³/mol. The van der Waals surface area contributed by atoms with Gasteiger partial charge in [-0.05, 0) is 51.0 Å². The number of anilines is 2. The Hall–Kier alpha value is -3.42. The van der Waals surface area contributed by atoms with E-state index in [1.165, 1.54) is 24.0 Å². The van der Waals surface area contributed by atoms with Crippen molar-refractivity contribution in [2.45, 2.75) is 32.8 Å².